The molecule has 0 aromatic heterocycles. The molecule has 2 aromatic rings. The van der Waals surface area contributed by atoms with Crippen molar-refractivity contribution in [1.29, 1.82) is 0 Å². The van der Waals surface area contributed by atoms with E-state index in [4.69, 9.17) is 11.6 Å². The number of nitrogens with zero attached hydrogens (tertiary/aromatic N) is 2. The number of carbonyl (C=O) groups excluding carboxylic acids is 2. The van der Waals surface area contributed by atoms with Crippen LogP contribution in [0.15, 0.2) is 48.5 Å². The molecule has 0 radical (unpaired) electrons. The van der Waals surface area contributed by atoms with E-state index in [0.717, 1.165) is 24.0 Å². The van der Waals surface area contributed by atoms with Crippen molar-refractivity contribution >= 4 is 23.4 Å². The van der Waals surface area contributed by atoms with Crippen LogP contribution in [0, 0.1) is 12.8 Å². The average Bonchev–Trinajstić information content (AvgIpc) is 2.71. The van der Waals surface area contributed by atoms with E-state index in [1.165, 1.54) is 0 Å². The van der Waals surface area contributed by atoms with Gasteiger partial charge in [-0.3, -0.25) is 9.59 Å². The number of likely N-dealkylation sites (tertiary alicyclic amines) is 1. The lowest BCUT2D eigenvalue weighted by Gasteiger charge is -2.35. The minimum absolute atomic E-state index is 0.00962. The van der Waals surface area contributed by atoms with Gasteiger partial charge in [0.2, 0.25) is 5.91 Å². The van der Waals surface area contributed by atoms with E-state index in [-0.39, 0.29) is 17.7 Å². The Bertz CT molecular complexity index is 835. The Morgan fingerprint density at radius 3 is 2.61 bits per heavy atom. The Morgan fingerprint density at radius 2 is 1.93 bits per heavy atom. The SMILES string of the molecule is CCN(Cc1cccc(Cl)c1)C(=O)C1CCCN(C(=O)c2ccc(C)cc2)C1. The fourth-order valence-electron chi connectivity index (χ4n) is 3.70. The van der Waals surface area contributed by atoms with Crippen molar-refractivity contribution in [2.75, 3.05) is 19.6 Å². The fraction of sp³-hybridized carbons (Fsp3) is 0.391. The van der Waals surface area contributed by atoms with Crippen molar-refractivity contribution in [3.05, 3.63) is 70.2 Å². The number of rotatable bonds is 5. The highest BCUT2D eigenvalue weighted by Gasteiger charge is 2.31. The van der Waals surface area contributed by atoms with Gasteiger partial charge < -0.3 is 9.80 Å². The largest absolute Gasteiger partial charge is 0.338 e. The van der Waals surface area contributed by atoms with Crippen LogP contribution in [0.5, 0.6) is 0 Å². The van der Waals surface area contributed by atoms with Gasteiger partial charge in [0.15, 0.2) is 0 Å². The fourth-order valence-corrected chi connectivity index (χ4v) is 3.91. The maximum absolute atomic E-state index is 13.1. The van der Waals surface area contributed by atoms with Crippen LogP contribution in [0.3, 0.4) is 0 Å². The van der Waals surface area contributed by atoms with E-state index >= 15 is 0 Å². The summed E-state index contributed by atoms with van der Waals surface area (Å²) >= 11 is 6.07. The van der Waals surface area contributed by atoms with Crippen molar-refractivity contribution < 1.29 is 9.59 Å². The molecule has 1 atom stereocenters. The number of piperidine rings is 1. The molecule has 1 unspecified atom stereocenters. The summed E-state index contributed by atoms with van der Waals surface area (Å²) in [4.78, 5) is 29.6. The first kappa shape index (κ1) is 20.4. The van der Waals surface area contributed by atoms with Gasteiger partial charge in [-0.25, -0.2) is 0 Å². The number of benzene rings is 2. The number of amides is 2. The molecular weight excluding hydrogens is 372 g/mol. The van der Waals surface area contributed by atoms with E-state index in [1.807, 2.05) is 72.2 Å². The lowest BCUT2D eigenvalue weighted by Crippen LogP contribution is -2.46. The first-order valence-corrected chi connectivity index (χ1v) is 10.2. The molecule has 0 N–H and O–H groups in total. The zero-order valence-corrected chi connectivity index (χ0v) is 17.3. The van der Waals surface area contributed by atoms with Crippen LogP contribution in [0.2, 0.25) is 5.02 Å². The summed E-state index contributed by atoms with van der Waals surface area (Å²) in [6.07, 6.45) is 1.67. The molecule has 1 aliphatic rings. The molecule has 28 heavy (non-hydrogen) atoms. The summed E-state index contributed by atoms with van der Waals surface area (Å²) in [5.41, 5.74) is 2.83. The molecule has 0 spiro atoms. The third-order valence-electron chi connectivity index (χ3n) is 5.31. The molecule has 1 aliphatic heterocycles. The molecule has 148 valence electrons. The Hall–Kier alpha value is -2.33. The van der Waals surface area contributed by atoms with Crippen molar-refractivity contribution in [3.8, 4) is 0 Å². The van der Waals surface area contributed by atoms with Gasteiger partial charge in [-0.1, -0.05) is 41.4 Å². The molecule has 0 aliphatic carbocycles. The monoisotopic (exact) mass is 398 g/mol. The van der Waals surface area contributed by atoms with Crippen molar-refractivity contribution in [2.45, 2.75) is 33.2 Å². The Balaban J connectivity index is 1.67. The predicted molar refractivity (Wildman–Crippen MR) is 112 cm³/mol. The number of hydrogen-bond donors (Lipinski definition) is 0. The standard InChI is InChI=1S/C23H27ClN2O2/c1-3-25(15-18-6-4-8-21(24)14-18)23(28)20-7-5-13-26(16-20)22(27)19-11-9-17(2)10-12-19/h4,6,8-12,14,20H,3,5,7,13,15-16H2,1-2H3. The lowest BCUT2D eigenvalue weighted by atomic mass is 9.95. The van der Waals surface area contributed by atoms with Crippen LogP contribution < -0.4 is 0 Å². The maximum Gasteiger partial charge on any atom is 0.253 e. The van der Waals surface area contributed by atoms with Crippen LogP contribution in [0.25, 0.3) is 0 Å². The molecule has 1 saturated heterocycles. The number of halogens is 1. The van der Waals surface area contributed by atoms with Gasteiger partial charge in [0, 0.05) is 36.8 Å². The van der Waals surface area contributed by atoms with Crippen LogP contribution in [-0.4, -0.2) is 41.2 Å². The van der Waals surface area contributed by atoms with E-state index in [9.17, 15) is 9.59 Å². The van der Waals surface area contributed by atoms with Gasteiger partial charge in [0.1, 0.15) is 0 Å². The maximum atomic E-state index is 13.1. The zero-order valence-electron chi connectivity index (χ0n) is 16.5. The molecule has 0 saturated carbocycles. The number of carbonyl (C=O) groups is 2. The second-order valence-corrected chi connectivity index (χ2v) is 7.88. The minimum atomic E-state index is -0.151. The second-order valence-electron chi connectivity index (χ2n) is 7.44. The lowest BCUT2D eigenvalue weighted by molar-refractivity contribution is -0.137. The van der Waals surface area contributed by atoms with Crippen LogP contribution in [-0.2, 0) is 11.3 Å². The van der Waals surface area contributed by atoms with Crippen LogP contribution >= 0.6 is 11.6 Å². The predicted octanol–water partition coefficient (Wildman–Crippen LogP) is 4.55. The zero-order chi connectivity index (χ0) is 20.1. The molecule has 3 rings (SSSR count). The molecule has 4 nitrogen and oxygen atoms in total. The summed E-state index contributed by atoms with van der Waals surface area (Å²) < 4.78 is 0. The summed E-state index contributed by atoms with van der Waals surface area (Å²) in [6.45, 7) is 6.35. The van der Waals surface area contributed by atoms with Crippen molar-refractivity contribution in [1.82, 2.24) is 9.80 Å². The Morgan fingerprint density at radius 1 is 1.18 bits per heavy atom. The normalized spacial score (nSPS) is 16.7. The smallest absolute Gasteiger partial charge is 0.253 e. The molecule has 2 amide bonds. The van der Waals surface area contributed by atoms with E-state index in [1.54, 1.807) is 0 Å². The minimum Gasteiger partial charge on any atom is -0.338 e. The Labute approximate surface area is 172 Å². The first-order chi connectivity index (χ1) is 13.5. The second kappa shape index (κ2) is 9.24. The van der Waals surface area contributed by atoms with E-state index < -0.39 is 0 Å². The third-order valence-corrected chi connectivity index (χ3v) is 5.55. The topological polar surface area (TPSA) is 40.6 Å². The van der Waals surface area contributed by atoms with Gasteiger partial charge in [0.25, 0.3) is 5.91 Å². The highest BCUT2D eigenvalue weighted by atomic mass is 35.5. The number of aryl methyl sites for hydroxylation is 1. The summed E-state index contributed by atoms with van der Waals surface area (Å²) in [5, 5.41) is 0.675. The highest BCUT2D eigenvalue weighted by Crippen LogP contribution is 2.22. The van der Waals surface area contributed by atoms with Gasteiger partial charge in [-0.15, -0.1) is 0 Å². The molecule has 2 aromatic carbocycles. The van der Waals surface area contributed by atoms with Gasteiger partial charge in [0.05, 0.1) is 5.92 Å². The van der Waals surface area contributed by atoms with Crippen molar-refractivity contribution in [3.63, 3.8) is 0 Å². The number of hydrogen-bond acceptors (Lipinski definition) is 2. The van der Waals surface area contributed by atoms with Crippen LogP contribution in [0.4, 0.5) is 0 Å². The molecule has 1 heterocycles. The molecule has 0 bridgehead atoms. The third kappa shape index (κ3) is 4.93. The van der Waals surface area contributed by atoms with Gasteiger partial charge >= 0.3 is 0 Å². The van der Waals surface area contributed by atoms with Crippen LogP contribution in [0.1, 0.15) is 41.3 Å². The quantitative estimate of drug-likeness (QED) is 0.741. The van der Waals surface area contributed by atoms with Crippen molar-refractivity contribution in [2.24, 2.45) is 5.92 Å². The molecule has 5 heteroatoms. The van der Waals surface area contributed by atoms with E-state index in [2.05, 4.69) is 0 Å². The summed E-state index contributed by atoms with van der Waals surface area (Å²) in [7, 11) is 0. The first-order valence-electron chi connectivity index (χ1n) is 9.87. The van der Waals surface area contributed by atoms with Gasteiger partial charge in [-0.05, 0) is 56.5 Å². The summed E-state index contributed by atoms with van der Waals surface area (Å²) in [5.74, 6) is -0.0263. The highest BCUT2D eigenvalue weighted by molar-refractivity contribution is 6.30. The Kier molecular flexibility index (Phi) is 6.74. The summed E-state index contributed by atoms with van der Waals surface area (Å²) in [6, 6.07) is 15.2. The van der Waals surface area contributed by atoms with E-state index in [0.29, 0.717) is 36.8 Å². The molecule has 1 fully saturated rings. The van der Waals surface area contributed by atoms with Gasteiger partial charge in [-0.2, -0.15) is 0 Å². The average molecular weight is 399 g/mol. The molecular formula is C23H27ClN2O2.